The molecule has 3 aliphatic rings. The summed E-state index contributed by atoms with van der Waals surface area (Å²) in [4.78, 5) is 41.2. The number of anilines is 2. The van der Waals surface area contributed by atoms with E-state index < -0.39 is 17.4 Å². The van der Waals surface area contributed by atoms with Gasteiger partial charge < -0.3 is 15.4 Å². The monoisotopic (exact) mass is 378 g/mol. The van der Waals surface area contributed by atoms with Gasteiger partial charge >= 0.3 is 0 Å². The maximum Gasteiger partial charge on any atom is 0.291 e. The number of quaternary nitrogens is 1. The van der Waals surface area contributed by atoms with Gasteiger partial charge in [-0.05, 0) is 25.1 Å². The third kappa shape index (κ3) is 1.89. The van der Waals surface area contributed by atoms with Crippen molar-refractivity contribution in [2.75, 3.05) is 17.3 Å². The highest BCUT2D eigenvalue weighted by atomic mass is 16.5. The van der Waals surface area contributed by atoms with Crippen LogP contribution in [0, 0.1) is 11.8 Å². The Hall–Kier alpha value is -3.19. The maximum absolute atomic E-state index is 13.6. The Morgan fingerprint density at radius 1 is 1.04 bits per heavy atom. The van der Waals surface area contributed by atoms with Gasteiger partial charge in [-0.25, -0.2) is 4.90 Å². The van der Waals surface area contributed by atoms with Gasteiger partial charge in [0.2, 0.25) is 17.4 Å². The molecular weight excluding hydrogens is 358 g/mol. The van der Waals surface area contributed by atoms with Crippen molar-refractivity contribution >= 4 is 29.1 Å². The van der Waals surface area contributed by atoms with Crippen molar-refractivity contribution in [1.82, 2.24) is 0 Å². The van der Waals surface area contributed by atoms with Gasteiger partial charge in [-0.1, -0.05) is 30.3 Å². The van der Waals surface area contributed by atoms with Gasteiger partial charge in [0.1, 0.15) is 17.6 Å². The largest absolute Gasteiger partial charge is 0.495 e. The molecule has 0 aromatic heterocycles. The Kier molecular flexibility index (Phi) is 3.42. The smallest absolute Gasteiger partial charge is 0.291 e. The normalized spacial score (nSPS) is 30.6. The van der Waals surface area contributed by atoms with E-state index in [0.717, 1.165) is 5.56 Å². The highest BCUT2D eigenvalue weighted by Gasteiger charge is 2.73. The number of amides is 3. The average molecular weight is 378 g/mol. The van der Waals surface area contributed by atoms with Gasteiger partial charge in [0, 0.05) is 5.56 Å². The van der Waals surface area contributed by atoms with Crippen molar-refractivity contribution in [3.63, 3.8) is 0 Å². The van der Waals surface area contributed by atoms with Crippen molar-refractivity contribution in [1.29, 1.82) is 0 Å². The molecule has 3 amide bonds. The quantitative estimate of drug-likeness (QED) is 0.749. The number of rotatable bonds is 2. The van der Waals surface area contributed by atoms with Crippen molar-refractivity contribution in [2.45, 2.75) is 18.5 Å². The summed E-state index contributed by atoms with van der Waals surface area (Å²) in [7, 11) is 1.50. The van der Waals surface area contributed by atoms with E-state index in [4.69, 9.17) is 4.74 Å². The van der Waals surface area contributed by atoms with Crippen LogP contribution in [0.15, 0.2) is 48.5 Å². The number of imide groups is 1. The average Bonchev–Trinajstić information content (AvgIpc) is 3.26. The summed E-state index contributed by atoms with van der Waals surface area (Å²) >= 11 is 0. The molecule has 142 valence electrons. The number of carbonyl (C=O) groups excluding carboxylic acids is 3. The number of hydrogen-bond donors (Lipinski definition) is 2. The zero-order chi connectivity index (χ0) is 19.6. The molecule has 2 aromatic carbocycles. The zero-order valence-corrected chi connectivity index (χ0v) is 15.5. The van der Waals surface area contributed by atoms with Crippen LogP contribution in [0.1, 0.15) is 12.5 Å². The topological polar surface area (TPSA) is 92.3 Å². The fraction of sp³-hybridized carbons (Fsp3) is 0.286. The van der Waals surface area contributed by atoms with E-state index in [1.807, 2.05) is 36.5 Å². The molecule has 3 N–H and O–H groups in total. The van der Waals surface area contributed by atoms with Gasteiger partial charge in [0.25, 0.3) is 5.91 Å². The number of fused-ring (bicyclic) bond motifs is 4. The van der Waals surface area contributed by atoms with E-state index in [-0.39, 0.29) is 23.8 Å². The Morgan fingerprint density at radius 2 is 1.75 bits per heavy atom. The lowest BCUT2D eigenvalue weighted by molar-refractivity contribution is -0.730. The van der Waals surface area contributed by atoms with Crippen molar-refractivity contribution < 1.29 is 24.4 Å². The van der Waals surface area contributed by atoms with Crippen LogP contribution in [-0.2, 0) is 19.9 Å². The van der Waals surface area contributed by atoms with Crippen LogP contribution in [-0.4, -0.2) is 30.9 Å². The Morgan fingerprint density at radius 3 is 2.54 bits per heavy atom. The van der Waals surface area contributed by atoms with E-state index in [1.165, 1.54) is 12.0 Å². The van der Waals surface area contributed by atoms with Crippen LogP contribution < -0.4 is 20.3 Å². The number of nitrogens with zero attached hydrogens (tertiary/aromatic N) is 1. The Labute approximate surface area is 161 Å². The molecule has 7 heteroatoms. The Balaban J connectivity index is 1.68. The first kappa shape index (κ1) is 16.9. The minimum atomic E-state index is -1.12. The van der Waals surface area contributed by atoms with Crippen LogP contribution in [0.4, 0.5) is 11.4 Å². The number of methoxy groups -OCH3 is 1. The van der Waals surface area contributed by atoms with Crippen LogP contribution >= 0.6 is 0 Å². The molecule has 0 radical (unpaired) electrons. The highest BCUT2D eigenvalue weighted by Crippen LogP contribution is 2.50. The fourth-order valence-electron chi connectivity index (χ4n) is 5.15. The van der Waals surface area contributed by atoms with Gasteiger partial charge in [-0.15, -0.1) is 0 Å². The first-order chi connectivity index (χ1) is 13.5. The lowest BCUT2D eigenvalue weighted by Crippen LogP contribution is -2.98. The lowest BCUT2D eigenvalue weighted by Gasteiger charge is -2.26. The summed E-state index contributed by atoms with van der Waals surface area (Å²) in [5, 5.41) is 4.79. The van der Waals surface area contributed by atoms with Crippen LogP contribution in [0.25, 0.3) is 0 Å². The van der Waals surface area contributed by atoms with Gasteiger partial charge in [0.15, 0.2) is 0 Å². The summed E-state index contributed by atoms with van der Waals surface area (Å²) in [5.74, 6) is -1.76. The standard InChI is InChI=1S/C21H19N3O4/c1-11-16-17(21(23-11)12-7-3-4-8-13(12)22-20(21)27)19(26)24(18(16)25)14-9-5-6-10-15(14)28-2/h3-11,16-17,23H,1-2H3,(H,22,27)/p+1/t11-,16-,17-,21-/m0/s1. The summed E-state index contributed by atoms with van der Waals surface area (Å²) in [5.41, 5.74) is 0.767. The highest BCUT2D eigenvalue weighted by molar-refractivity contribution is 6.25. The number of carbonyl (C=O) groups is 3. The third-order valence-corrected chi connectivity index (χ3v) is 6.26. The molecule has 2 fully saturated rings. The number of benzene rings is 2. The van der Waals surface area contributed by atoms with E-state index >= 15 is 0 Å². The number of nitrogens with two attached hydrogens (primary N) is 1. The molecule has 7 nitrogen and oxygen atoms in total. The minimum Gasteiger partial charge on any atom is -0.495 e. The maximum atomic E-state index is 13.6. The molecule has 3 aliphatic heterocycles. The van der Waals surface area contributed by atoms with Crippen molar-refractivity contribution in [2.24, 2.45) is 11.8 Å². The molecule has 5 rings (SSSR count). The summed E-state index contributed by atoms with van der Waals surface area (Å²) in [6, 6.07) is 14.1. The molecule has 3 heterocycles. The van der Waals surface area contributed by atoms with E-state index in [2.05, 4.69) is 5.32 Å². The molecule has 2 aromatic rings. The lowest BCUT2D eigenvalue weighted by atomic mass is 9.76. The van der Waals surface area contributed by atoms with Crippen molar-refractivity contribution in [3.05, 3.63) is 54.1 Å². The van der Waals surface area contributed by atoms with Gasteiger partial charge in [0.05, 0.1) is 24.5 Å². The summed E-state index contributed by atoms with van der Waals surface area (Å²) in [6.45, 7) is 1.90. The van der Waals surface area contributed by atoms with Crippen LogP contribution in [0.3, 0.4) is 0 Å². The minimum absolute atomic E-state index is 0.210. The van der Waals surface area contributed by atoms with Crippen molar-refractivity contribution in [3.8, 4) is 5.75 Å². The van der Waals surface area contributed by atoms with E-state index in [1.54, 1.807) is 24.3 Å². The predicted octanol–water partition coefficient (Wildman–Crippen LogP) is 0.614. The predicted molar refractivity (Wildman–Crippen MR) is 101 cm³/mol. The number of hydrogen-bond acceptors (Lipinski definition) is 4. The first-order valence-corrected chi connectivity index (χ1v) is 9.28. The summed E-state index contributed by atoms with van der Waals surface area (Å²) in [6.07, 6.45) is 0. The third-order valence-electron chi connectivity index (χ3n) is 6.26. The Bertz CT molecular complexity index is 1040. The zero-order valence-electron chi connectivity index (χ0n) is 15.5. The van der Waals surface area contributed by atoms with E-state index in [0.29, 0.717) is 17.1 Å². The van der Waals surface area contributed by atoms with Gasteiger partial charge in [-0.3, -0.25) is 14.4 Å². The SMILES string of the molecule is COc1ccccc1N1C(=O)[C@H]2[C@H](C)[NH2+][C@]3(C(=O)Nc4ccccc43)[C@@H]2C1=O. The summed E-state index contributed by atoms with van der Waals surface area (Å²) < 4.78 is 5.36. The number of ether oxygens (including phenoxy) is 1. The molecule has 4 atom stereocenters. The molecule has 1 spiro atoms. The molecule has 0 saturated carbocycles. The van der Waals surface area contributed by atoms with E-state index in [9.17, 15) is 14.4 Å². The fourth-order valence-corrected chi connectivity index (χ4v) is 5.15. The first-order valence-electron chi connectivity index (χ1n) is 9.28. The van der Waals surface area contributed by atoms with Crippen LogP contribution in [0.5, 0.6) is 5.75 Å². The number of nitrogens with one attached hydrogen (secondary N) is 1. The second kappa shape index (κ2) is 5.65. The molecular formula is C21H20N3O4+. The molecule has 28 heavy (non-hydrogen) atoms. The molecule has 0 bridgehead atoms. The number of para-hydroxylation sites is 3. The van der Waals surface area contributed by atoms with Crippen LogP contribution in [0.2, 0.25) is 0 Å². The molecule has 0 aliphatic carbocycles. The second-order valence-electron chi connectivity index (χ2n) is 7.58. The molecule has 0 unspecified atom stereocenters. The second-order valence-corrected chi connectivity index (χ2v) is 7.58. The molecule has 2 saturated heterocycles. The van der Waals surface area contributed by atoms with Gasteiger partial charge in [-0.2, -0.15) is 0 Å².